The van der Waals surface area contributed by atoms with Crippen molar-refractivity contribution in [1.29, 1.82) is 0 Å². The van der Waals surface area contributed by atoms with Crippen LogP contribution >= 0.6 is 15.9 Å². The Morgan fingerprint density at radius 3 is 3.00 bits per heavy atom. The number of aromatic amines is 1. The van der Waals surface area contributed by atoms with Gasteiger partial charge in [-0.2, -0.15) is 0 Å². The van der Waals surface area contributed by atoms with Gasteiger partial charge in [-0.1, -0.05) is 0 Å². The molecule has 1 aromatic rings. The fourth-order valence-corrected chi connectivity index (χ4v) is 2.20. The van der Waals surface area contributed by atoms with Gasteiger partial charge in [-0.25, -0.2) is 9.59 Å². The van der Waals surface area contributed by atoms with Gasteiger partial charge in [0.2, 0.25) is 0 Å². The van der Waals surface area contributed by atoms with Crippen molar-refractivity contribution in [3.05, 3.63) is 22.4 Å². The summed E-state index contributed by atoms with van der Waals surface area (Å²) in [5.74, 6) is -1.48. The first kappa shape index (κ1) is 14.6. The Bertz CT molecular complexity index is 557. The van der Waals surface area contributed by atoms with Crippen molar-refractivity contribution in [3.63, 3.8) is 0 Å². The second-order valence-electron chi connectivity index (χ2n) is 4.85. The summed E-state index contributed by atoms with van der Waals surface area (Å²) in [7, 11) is 0. The third-order valence-electron chi connectivity index (χ3n) is 2.99. The average molecular weight is 344 g/mol. The van der Waals surface area contributed by atoms with Gasteiger partial charge in [0.15, 0.2) is 6.04 Å². The number of H-pyrrole nitrogens is 1. The van der Waals surface area contributed by atoms with Gasteiger partial charge in [0.25, 0.3) is 0 Å². The number of nitrogens with one attached hydrogen (secondary N) is 2. The highest BCUT2D eigenvalue weighted by atomic mass is 79.9. The van der Waals surface area contributed by atoms with E-state index in [4.69, 9.17) is 9.84 Å². The molecule has 20 heavy (non-hydrogen) atoms. The highest BCUT2D eigenvalue weighted by Crippen LogP contribution is 2.19. The van der Waals surface area contributed by atoms with E-state index in [0.29, 0.717) is 5.69 Å². The molecule has 1 aliphatic heterocycles. The lowest BCUT2D eigenvalue weighted by atomic mass is 9.93. The summed E-state index contributed by atoms with van der Waals surface area (Å²) in [5.41, 5.74) is -0.315. The number of nitrogens with zero attached hydrogens (tertiary/aromatic N) is 1. The molecule has 0 saturated carbocycles. The first-order valence-corrected chi connectivity index (χ1v) is 6.72. The van der Waals surface area contributed by atoms with Gasteiger partial charge in [0.1, 0.15) is 12.3 Å². The minimum absolute atomic E-state index is 0.0538. The fraction of sp³-hybridized carbons (Fsp3) is 0.417. The molecular formula is C12H14BrN3O4. The van der Waals surface area contributed by atoms with Gasteiger partial charge in [-0.15, -0.1) is 0 Å². The minimum atomic E-state index is -0.992. The molecular weight excluding hydrogens is 330 g/mol. The van der Waals surface area contributed by atoms with Crippen molar-refractivity contribution in [2.75, 3.05) is 6.61 Å². The number of hydrogen-bond donors (Lipinski definition) is 3. The van der Waals surface area contributed by atoms with E-state index < -0.39 is 23.5 Å². The third kappa shape index (κ3) is 3.38. The number of carbonyl (C=O) groups is 2. The van der Waals surface area contributed by atoms with Crippen LogP contribution in [0.2, 0.25) is 0 Å². The summed E-state index contributed by atoms with van der Waals surface area (Å²) in [6, 6.07) is 0.792. The molecule has 8 heteroatoms. The molecule has 0 fully saturated rings. The van der Waals surface area contributed by atoms with Gasteiger partial charge >= 0.3 is 11.9 Å². The van der Waals surface area contributed by atoms with Crippen molar-refractivity contribution in [2.45, 2.75) is 24.9 Å². The van der Waals surface area contributed by atoms with Crippen molar-refractivity contribution in [3.8, 4) is 0 Å². The highest BCUT2D eigenvalue weighted by Gasteiger charge is 2.34. The zero-order valence-corrected chi connectivity index (χ0v) is 12.3. The Morgan fingerprint density at radius 1 is 1.65 bits per heavy atom. The van der Waals surface area contributed by atoms with Crippen molar-refractivity contribution in [1.82, 2.24) is 10.3 Å². The number of hydrogen-bond acceptors (Lipinski definition) is 5. The van der Waals surface area contributed by atoms with E-state index in [-0.39, 0.29) is 13.0 Å². The summed E-state index contributed by atoms with van der Waals surface area (Å²) >= 11 is 3.23. The summed E-state index contributed by atoms with van der Waals surface area (Å²) in [4.78, 5) is 29.3. The van der Waals surface area contributed by atoms with E-state index >= 15 is 0 Å². The molecule has 0 unspecified atom stereocenters. The molecule has 0 amide bonds. The first-order chi connectivity index (χ1) is 9.39. The van der Waals surface area contributed by atoms with Crippen LogP contribution in [0.25, 0.3) is 0 Å². The maximum Gasteiger partial charge on any atom is 0.354 e. The molecule has 0 spiro atoms. The lowest BCUT2D eigenvalue weighted by Gasteiger charge is -2.33. The maximum atomic E-state index is 11.8. The molecule has 2 rings (SSSR count). The zero-order valence-electron chi connectivity index (χ0n) is 10.7. The maximum absolute atomic E-state index is 11.8. The van der Waals surface area contributed by atoms with Crippen LogP contribution in [0.15, 0.2) is 21.7 Å². The average Bonchev–Trinajstić information content (AvgIpc) is 2.83. The van der Waals surface area contributed by atoms with E-state index in [2.05, 4.69) is 31.2 Å². The number of rotatable bonds is 4. The van der Waals surface area contributed by atoms with Crippen molar-refractivity contribution < 1.29 is 19.4 Å². The molecule has 1 aliphatic rings. The van der Waals surface area contributed by atoms with Crippen LogP contribution in [0.1, 0.15) is 23.8 Å². The normalized spacial score (nSPS) is 25.0. The number of halogens is 1. The van der Waals surface area contributed by atoms with Crippen LogP contribution < -0.4 is 5.32 Å². The molecule has 0 radical (unpaired) electrons. The number of carboxylic acids is 1. The van der Waals surface area contributed by atoms with Gasteiger partial charge < -0.3 is 20.1 Å². The third-order valence-corrected chi connectivity index (χ3v) is 3.44. The summed E-state index contributed by atoms with van der Waals surface area (Å²) in [6.07, 6.45) is 3.23. The molecule has 0 bridgehead atoms. The Balaban J connectivity index is 1.94. The largest absolute Gasteiger partial charge is 0.480 e. The topological polar surface area (TPSA) is 104 Å². The summed E-state index contributed by atoms with van der Waals surface area (Å²) in [5, 5.41) is 11.9. The zero-order chi connectivity index (χ0) is 14.8. The molecule has 1 aromatic heterocycles. The number of esters is 1. The molecule has 108 valence electrons. The second kappa shape index (κ2) is 5.66. The van der Waals surface area contributed by atoms with Crippen molar-refractivity contribution in [2.24, 2.45) is 4.99 Å². The Kier molecular flexibility index (Phi) is 4.12. The number of aliphatic carboxylic acids is 1. The van der Waals surface area contributed by atoms with Gasteiger partial charge in [-0.3, -0.25) is 4.99 Å². The molecule has 0 aromatic carbocycles. The quantitative estimate of drug-likeness (QED) is 0.712. The molecule has 7 nitrogen and oxygen atoms in total. The van der Waals surface area contributed by atoms with Crippen LogP contribution in [0.3, 0.4) is 0 Å². The van der Waals surface area contributed by atoms with Crippen molar-refractivity contribution >= 4 is 34.2 Å². The van der Waals surface area contributed by atoms with Crippen LogP contribution in [0, 0.1) is 0 Å². The standard InChI is InChI=1S/C12H14BrN3O4/c1-12(3-9(10(17)18)15-6-16-12)5-20-11(19)8-2-7(13)4-14-8/h2,4,6,9,14H,3,5H2,1H3,(H,15,16)(H,17,18)/t9-,12-/m1/s1. The molecule has 3 N–H and O–H groups in total. The van der Waals surface area contributed by atoms with Crippen LogP contribution in [0.4, 0.5) is 0 Å². The number of aromatic nitrogens is 1. The number of carboxylic acid groups (broad SMARTS) is 1. The summed E-state index contributed by atoms with van der Waals surface area (Å²) in [6.45, 7) is 1.84. The second-order valence-corrected chi connectivity index (χ2v) is 5.76. The Hall–Kier alpha value is -1.83. The number of carbonyl (C=O) groups excluding carboxylic acids is 1. The van der Waals surface area contributed by atoms with E-state index in [1.165, 1.54) is 6.34 Å². The van der Waals surface area contributed by atoms with Crippen LogP contribution in [-0.2, 0) is 9.53 Å². The molecule has 0 saturated heterocycles. The monoisotopic (exact) mass is 343 g/mol. The summed E-state index contributed by atoms with van der Waals surface area (Å²) < 4.78 is 5.96. The molecule has 0 aliphatic carbocycles. The fourth-order valence-electron chi connectivity index (χ4n) is 1.86. The van der Waals surface area contributed by atoms with E-state index in [1.807, 2.05) is 0 Å². The number of ether oxygens (including phenoxy) is 1. The van der Waals surface area contributed by atoms with Gasteiger partial charge in [0.05, 0.1) is 11.9 Å². The van der Waals surface area contributed by atoms with Crippen LogP contribution in [0.5, 0.6) is 0 Å². The van der Waals surface area contributed by atoms with E-state index in [9.17, 15) is 9.59 Å². The predicted octanol–water partition coefficient (Wildman–Crippen LogP) is 1.17. The highest BCUT2D eigenvalue weighted by molar-refractivity contribution is 9.10. The first-order valence-electron chi connectivity index (χ1n) is 5.93. The smallest absolute Gasteiger partial charge is 0.354 e. The predicted molar refractivity (Wildman–Crippen MR) is 74.8 cm³/mol. The SMILES string of the molecule is C[C@]1(COC(=O)c2cc(Br)c[nH]2)C[C@H](C(=O)O)N=CN1. The minimum Gasteiger partial charge on any atom is -0.480 e. The molecule has 2 heterocycles. The van der Waals surface area contributed by atoms with E-state index in [0.717, 1.165) is 4.47 Å². The Morgan fingerprint density at radius 2 is 2.40 bits per heavy atom. The lowest BCUT2D eigenvalue weighted by Crippen LogP contribution is -2.52. The van der Waals surface area contributed by atoms with Crippen LogP contribution in [-0.4, -0.2) is 46.6 Å². The number of aliphatic imine (C=N–C) groups is 1. The van der Waals surface area contributed by atoms with Gasteiger partial charge in [0, 0.05) is 17.1 Å². The molecule has 2 atom stereocenters. The van der Waals surface area contributed by atoms with E-state index in [1.54, 1.807) is 19.2 Å². The van der Waals surface area contributed by atoms with Gasteiger partial charge in [-0.05, 0) is 28.9 Å². The Labute approximate surface area is 123 Å². The lowest BCUT2D eigenvalue weighted by molar-refractivity contribution is -0.139.